The maximum absolute atomic E-state index is 9.96. The maximum Gasteiger partial charge on any atom is 0.298 e. The predicted octanol–water partition coefficient (Wildman–Crippen LogP) is 2.17. The second kappa shape index (κ2) is 4.54. The molecule has 1 rings (SSSR count). The van der Waals surface area contributed by atoms with Crippen LogP contribution < -0.4 is 4.74 Å². The summed E-state index contributed by atoms with van der Waals surface area (Å²) in [5.74, 6) is 0.602. The van der Waals surface area contributed by atoms with Gasteiger partial charge in [0.15, 0.2) is 0 Å². The summed E-state index contributed by atoms with van der Waals surface area (Å²) >= 11 is 0. The Hall–Kier alpha value is -1.31. The first-order valence-corrected chi connectivity index (χ1v) is 4.06. The van der Waals surface area contributed by atoms with Gasteiger partial charge in [-0.3, -0.25) is 4.79 Å². The number of carbonyl (C=O) groups is 1. The minimum Gasteiger partial charge on any atom is -0.429 e. The largest absolute Gasteiger partial charge is 0.429 e. The molecule has 2 heteroatoms. The lowest BCUT2D eigenvalue weighted by molar-refractivity contribution is -0.120. The molecule has 0 heterocycles. The van der Waals surface area contributed by atoms with Crippen LogP contribution in [0.4, 0.5) is 0 Å². The molecule has 0 atom stereocenters. The van der Waals surface area contributed by atoms with Crippen LogP contribution in [0.2, 0.25) is 0 Å². The molecule has 0 radical (unpaired) electrons. The lowest BCUT2D eigenvalue weighted by atomic mass is 10.1. The molecule has 0 saturated heterocycles. The van der Waals surface area contributed by atoms with Gasteiger partial charge in [-0.05, 0) is 24.1 Å². The molecule has 1 aromatic rings. The van der Waals surface area contributed by atoms with Crippen LogP contribution in [-0.4, -0.2) is 6.47 Å². The molecule has 0 aliphatic rings. The van der Waals surface area contributed by atoms with Crippen molar-refractivity contribution in [3.63, 3.8) is 0 Å². The molecule has 0 saturated carbocycles. The van der Waals surface area contributed by atoms with E-state index in [1.165, 1.54) is 5.56 Å². The third kappa shape index (κ3) is 2.38. The third-order valence-corrected chi connectivity index (χ3v) is 1.65. The van der Waals surface area contributed by atoms with Crippen LogP contribution >= 0.6 is 0 Å². The van der Waals surface area contributed by atoms with E-state index in [0.29, 0.717) is 12.2 Å². The monoisotopic (exact) mass is 164 g/mol. The van der Waals surface area contributed by atoms with Crippen molar-refractivity contribution in [3.05, 3.63) is 29.8 Å². The fraction of sp³-hybridized carbons (Fsp3) is 0.300. The van der Waals surface area contributed by atoms with E-state index in [4.69, 9.17) is 0 Å². The Bertz CT molecular complexity index is 239. The summed E-state index contributed by atoms with van der Waals surface area (Å²) in [5, 5.41) is 0. The van der Waals surface area contributed by atoms with Crippen molar-refractivity contribution in [2.45, 2.75) is 19.8 Å². The number of carbonyl (C=O) groups excluding carboxylic acids is 1. The van der Waals surface area contributed by atoms with Crippen LogP contribution in [0, 0.1) is 0 Å². The molecule has 2 nitrogen and oxygen atoms in total. The van der Waals surface area contributed by atoms with Crippen LogP contribution in [0.1, 0.15) is 18.9 Å². The zero-order valence-corrected chi connectivity index (χ0v) is 7.12. The molecular formula is C10H12O2. The van der Waals surface area contributed by atoms with Crippen molar-refractivity contribution in [1.29, 1.82) is 0 Å². The van der Waals surface area contributed by atoms with E-state index >= 15 is 0 Å². The van der Waals surface area contributed by atoms with Gasteiger partial charge in [-0.1, -0.05) is 25.5 Å². The minimum absolute atomic E-state index is 0.439. The van der Waals surface area contributed by atoms with Gasteiger partial charge in [0.1, 0.15) is 5.75 Å². The summed E-state index contributed by atoms with van der Waals surface area (Å²) in [7, 11) is 0. The molecule has 12 heavy (non-hydrogen) atoms. The molecule has 0 N–H and O–H groups in total. The summed E-state index contributed by atoms with van der Waals surface area (Å²) in [6.07, 6.45) is 2.20. The zero-order chi connectivity index (χ0) is 8.81. The standard InChI is InChI=1S/C10H12O2/c1-2-3-9-4-6-10(7-5-9)12-8-11/h4-8H,2-3H2,1H3. The fourth-order valence-electron chi connectivity index (χ4n) is 1.08. The molecule has 0 aliphatic carbocycles. The van der Waals surface area contributed by atoms with E-state index in [2.05, 4.69) is 11.7 Å². The topological polar surface area (TPSA) is 26.3 Å². The van der Waals surface area contributed by atoms with Gasteiger partial charge < -0.3 is 4.74 Å². The van der Waals surface area contributed by atoms with E-state index < -0.39 is 0 Å². The highest BCUT2D eigenvalue weighted by Gasteiger charge is 1.92. The number of aryl methyl sites for hydroxylation is 1. The Morgan fingerprint density at radius 2 is 2.00 bits per heavy atom. The second-order valence-electron chi connectivity index (χ2n) is 2.61. The average Bonchev–Trinajstić information content (AvgIpc) is 2.09. The summed E-state index contributed by atoms with van der Waals surface area (Å²) in [6.45, 7) is 2.57. The van der Waals surface area contributed by atoms with Crippen molar-refractivity contribution < 1.29 is 9.53 Å². The van der Waals surface area contributed by atoms with Gasteiger partial charge in [0.05, 0.1) is 0 Å². The van der Waals surface area contributed by atoms with E-state index in [0.717, 1.165) is 12.8 Å². The third-order valence-electron chi connectivity index (χ3n) is 1.65. The number of rotatable bonds is 4. The van der Waals surface area contributed by atoms with Crippen molar-refractivity contribution in [3.8, 4) is 5.75 Å². The van der Waals surface area contributed by atoms with Gasteiger partial charge in [-0.15, -0.1) is 0 Å². The Morgan fingerprint density at radius 1 is 1.33 bits per heavy atom. The van der Waals surface area contributed by atoms with Crippen LogP contribution in [0.3, 0.4) is 0 Å². The van der Waals surface area contributed by atoms with Gasteiger partial charge in [-0.25, -0.2) is 0 Å². The fourth-order valence-corrected chi connectivity index (χ4v) is 1.08. The quantitative estimate of drug-likeness (QED) is 0.637. The van der Waals surface area contributed by atoms with Crippen LogP contribution in [-0.2, 0) is 11.2 Å². The van der Waals surface area contributed by atoms with Gasteiger partial charge in [-0.2, -0.15) is 0 Å². The van der Waals surface area contributed by atoms with Crippen molar-refractivity contribution in [2.24, 2.45) is 0 Å². The highest BCUT2D eigenvalue weighted by molar-refractivity contribution is 5.45. The number of ether oxygens (including phenoxy) is 1. The van der Waals surface area contributed by atoms with Crippen LogP contribution in [0.5, 0.6) is 5.75 Å². The molecule has 0 fully saturated rings. The maximum atomic E-state index is 9.96. The van der Waals surface area contributed by atoms with Crippen LogP contribution in [0.15, 0.2) is 24.3 Å². The van der Waals surface area contributed by atoms with Gasteiger partial charge in [0.2, 0.25) is 0 Å². The minimum atomic E-state index is 0.439. The van der Waals surface area contributed by atoms with E-state index in [1.807, 2.05) is 12.1 Å². The molecule has 1 aromatic carbocycles. The Kier molecular flexibility index (Phi) is 3.33. The average molecular weight is 164 g/mol. The first-order valence-electron chi connectivity index (χ1n) is 4.06. The zero-order valence-electron chi connectivity index (χ0n) is 7.12. The predicted molar refractivity (Wildman–Crippen MR) is 47.1 cm³/mol. The van der Waals surface area contributed by atoms with E-state index in [-0.39, 0.29) is 0 Å². The van der Waals surface area contributed by atoms with E-state index in [1.54, 1.807) is 12.1 Å². The summed E-state index contributed by atoms with van der Waals surface area (Å²) in [5.41, 5.74) is 1.27. The highest BCUT2D eigenvalue weighted by Crippen LogP contribution is 2.12. The van der Waals surface area contributed by atoms with Gasteiger partial charge >= 0.3 is 0 Å². The van der Waals surface area contributed by atoms with Crippen molar-refractivity contribution in [2.75, 3.05) is 0 Å². The normalized spacial score (nSPS) is 9.42. The molecule has 0 aliphatic heterocycles. The van der Waals surface area contributed by atoms with Crippen molar-refractivity contribution >= 4 is 6.47 Å². The van der Waals surface area contributed by atoms with Crippen molar-refractivity contribution in [1.82, 2.24) is 0 Å². The molecule has 0 aromatic heterocycles. The molecule has 0 bridgehead atoms. The summed E-state index contributed by atoms with van der Waals surface area (Å²) < 4.78 is 4.66. The summed E-state index contributed by atoms with van der Waals surface area (Å²) in [4.78, 5) is 9.96. The molecule has 0 unspecified atom stereocenters. The SMILES string of the molecule is CCCc1ccc(OC=O)cc1. The Morgan fingerprint density at radius 3 is 2.50 bits per heavy atom. The van der Waals surface area contributed by atoms with Gasteiger partial charge in [0, 0.05) is 0 Å². The Labute approximate surface area is 72.2 Å². The van der Waals surface area contributed by atoms with E-state index in [9.17, 15) is 4.79 Å². The summed E-state index contributed by atoms with van der Waals surface area (Å²) in [6, 6.07) is 7.56. The number of benzene rings is 1. The molecular weight excluding hydrogens is 152 g/mol. The lowest BCUT2D eigenvalue weighted by Crippen LogP contribution is -1.88. The molecule has 0 spiro atoms. The first-order chi connectivity index (χ1) is 5.86. The Balaban J connectivity index is 2.64. The first kappa shape index (κ1) is 8.78. The van der Waals surface area contributed by atoms with Crippen LogP contribution in [0.25, 0.3) is 0 Å². The smallest absolute Gasteiger partial charge is 0.298 e. The number of hydrogen-bond acceptors (Lipinski definition) is 2. The van der Waals surface area contributed by atoms with Gasteiger partial charge in [0.25, 0.3) is 6.47 Å². The second-order valence-corrected chi connectivity index (χ2v) is 2.61. The molecule has 64 valence electrons. The number of hydrogen-bond donors (Lipinski definition) is 0. The highest BCUT2D eigenvalue weighted by atomic mass is 16.5. The lowest BCUT2D eigenvalue weighted by Gasteiger charge is -1.99. The molecule has 0 amide bonds.